The summed E-state index contributed by atoms with van der Waals surface area (Å²) in [7, 11) is 1.39. The highest BCUT2D eigenvalue weighted by Gasteiger charge is 2.19. The lowest BCUT2D eigenvalue weighted by Crippen LogP contribution is -2.33. The maximum Gasteiger partial charge on any atom is 0.337 e. The molecule has 1 fully saturated rings. The topological polar surface area (TPSA) is 53.3 Å². The summed E-state index contributed by atoms with van der Waals surface area (Å²) in [5.74, 6) is 0.231. The molecule has 0 atom stereocenters. The van der Waals surface area contributed by atoms with E-state index in [1.807, 2.05) is 12.1 Å². The Hall–Kier alpha value is -2.02. The summed E-state index contributed by atoms with van der Waals surface area (Å²) in [5.41, 5.74) is 1.70. The van der Waals surface area contributed by atoms with Crippen molar-refractivity contribution >= 4 is 11.7 Å². The van der Waals surface area contributed by atoms with E-state index in [9.17, 15) is 4.79 Å². The largest absolute Gasteiger partial charge is 0.465 e. The Morgan fingerprint density at radius 3 is 2.53 bits per heavy atom. The molecular formula is C15H18N2O2. The molecule has 0 saturated carbocycles. The van der Waals surface area contributed by atoms with Gasteiger partial charge < -0.3 is 9.64 Å². The number of rotatable bonds is 3. The average Bonchev–Trinajstić information content (AvgIpc) is 2.48. The Morgan fingerprint density at radius 1 is 1.37 bits per heavy atom. The van der Waals surface area contributed by atoms with Crippen LogP contribution in [0.4, 0.5) is 5.69 Å². The number of carbonyl (C=O) groups excluding carboxylic acids is 1. The van der Waals surface area contributed by atoms with Crippen LogP contribution in [0.15, 0.2) is 24.3 Å². The molecule has 1 saturated heterocycles. The first-order valence-electron chi connectivity index (χ1n) is 6.55. The molecular weight excluding hydrogens is 240 g/mol. The number of piperidine rings is 1. The zero-order valence-corrected chi connectivity index (χ0v) is 11.1. The molecule has 1 aliphatic rings. The summed E-state index contributed by atoms with van der Waals surface area (Å²) in [6.07, 6.45) is 2.79. The number of ether oxygens (including phenoxy) is 1. The number of methoxy groups -OCH3 is 1. The van der Waals surface area contributed by atoms with Gasteiger partial charge in [-0.2, -0.15) is 5.26 Å². The monoisotopic (exact) mass is 258 g/mol. The summed E-state index contributed by atoms with van der Waals surface area (Å²) < 4.78 is 4.68. The first kappa shape index (κ1) is 13.4. The molecule has 0 unspecified atom stereocenters. The van der Waals surface area contributed by atoms with Crippen LogP contribution in [-0.2, 0) is 4.74 Å². The SMILES string of the molecule is COC(=O)c1ccc(N2CCC(CC#N)CC2)cc1. The van der Waals surface area contributed by atoms with Crippen LogP contribution >= 0.6 is 0 Å². The minimum absolute atomic E-state index is 0.306. The van der Waals surface area contributed by atoms with E-state index in [1.165, 1.54) is 7.11 Å². The Morgan fingerprint density at radius 2 is 2.00 bits per heavy atom. The summed E-state index contributed by atoms with van der Waals surface area (Å²) in [6, 6.07) is 9.75. The van der Waals surface area contributed by atoms with Crippen molar-refractivity contribution in [2.24, 2.45) is 5.92 Å². The van der Waals surface area contributed by atoms with E-state index in [0.29, 0.717) is 17.9 Å². The third kappa shape index (κ3) is 3.25. The zero-order valence-electron chi connectivity index (χ0n) is 11.1. The van der Waals surface area contributed by atoms with E-state index < -0.39 is 0 Å². The summed E-state index contributed by atoms with van der Waals surface area (Å²) in [5, 5.41) is 8.70. The molecule has 2 rings (SSSR count). The van der Waals surface area contributed by atoms with Gasteiger partial charge in [0.2, 0.25) is 0 Å². The second kappa shape index (κ2) is 6.24. The molecule has 1 aromatic carbocycles. The molecule has 0 bridgehead atoms. The number of benzene rings is 1. The van der Waals surface area contributed by atoms with Crippen molar-refractivity contribution < 1.29 is 9.53 Å². The zero-order chi connectivity index (χ0) is 13.7. The lowest BCUT2D eigenvalue weighted by atomic mass is 9.94. The van der Waals surface area contributed by atoms with Crippen molar-refractivity contribution in [2.75, 3.05) is 25.1 Å². The van der Waals surface area contributed by atoms with Gasteiger partial charge in [-0.25, -0.2) is 4.79 Å². The smallest absolute Gasteiger partial charge is 0.337 e. The molecule has 0 aliphatic carbocycles. The van der Waals surface area contributed by atoms with Gasteiger partial charge in [-0.05, 0) is 43.0 Å². The Bertz CT molecular complexity index is 468. The van der Waals surface area contributed by atoms with Crippen LogP contribution in [0.2, 0.25) is 0 Å². The normalized spacial score (nSPS) is 15.9. The van der Waals surface area contributed by atoms with Crippen molar-refractivity contribution in [1.82, 2.24) is 0 Å². The van der Waals surface area contributed by atoms with Crippen molar-refractivity contribution in [2.45, 2.75) is 19.3 Å². The van der Waals surface area contributed by atoms with E-state index in [4.69, 9.17) is 5.26 Å². The highest BCUT2D eigenvalue weighted by Crippen LogP contribution is 2.25. The average molecular weight is 258 g/mol. The van der Waals surface area contributed by atoms with Crippen LogP contribution in [0.3, 0.4) is 0 Å². The predicted molar refractivity (Wildman–Crippen MR) is 72.9 cm³/mol. The fraction of sp³-hybridized carbons (Fsp3) is 0.467. The minimum Gasteiger partial charge on any atom is -0.465 e. The molecule has 0 N–H and O–H groups in total. The van der Waals surface area contributed by atoms with Gasteiger partial charge in [-0.15, -0.1) is 0 Å². The van der Waals surface area contributed by atoms with Gasteiger partial charge in [-0.3, -0.25) is 0 Å². The first-order valence-corrected chi connectivity index (χ1v) is 6.55. The second-order valence-corrected chi connectivity index (χ2v) is 4.83. The summed E-state index contributed by atoms with van der Waals surface area (Å²) >= 11 is 0. The third-order valence-corrected chi connectivity index (χ3v) is 3.65. The van der Waals surface area contributed by atoms with Gasteiger partial charge in [0.05, 0.1) is 18.7 Å². The Labute approximate surface area is 113 Å². The van der Waals surface area contributed by atoms with Crippen LogP contribution in [-0.4, -0.2) is 26.2 Å². The molecule has 0 amide bonds. The van der Waals surface area contributed by atoms with Crippen LogP contribution in [0.1, 0.15) is 29.6 Å². The van der Waals surface area contributed by atoms with Gasteiger partial charge in [0.1, 0.15) is 0 Å². The fourth-order valence-corrected chi connectivity index (χ4v) is 2.45. The van der Waals surface area contributed by atoms with Crippen LogP contribution in [0, 0.1) is 17.2 Å². The van der Waals surface area contributed by atoms with Crippen molar-refractivity contribution in [3.8, 4) is 6.07 Å². The molecule has 1 heterocycles. The molecule has 0 spiro atoms. The van der Waals surface area contributed by atoms with Gasteiger partial charge in [0.25, 0.3) is 0 Å². The van der Waals surface area contributed by atoms with Gasteiger partial charge in [0.15, 0.2) is 0 Å². The maximum absolute atomic E-state index is 11.3. The minimum atomic E-state index is -0.306. The molecule has 100 valence electrons. The number of hydrogen-bond donors (Lipinski definition) is 0. The number of esters is 1. The highest BCUT2D eigenvalue weighted by atomic mass is 16.5. The second-order valence-electron chi connectivity index (χ2n) is 4.83. The third-order valence-electron chi connectivity index (χ3n) is 3.65. The van der Waals surface area contributed by atoms with Gasteiger partial charge in [0, 0.05) is 25.2 Å². The Kier molecular flexibility index (Phi) is 4.40. The van der Waals surface area contributed by atoms with Crippen molar-refractivity contribution in [3.63, 3.8) is 0 Å². The van der Waals surface area contributed by atoms with E-state index in [1.54, 1.807) is 12.1 Å². The van der Waals surface area contributed by atoms with Crippen molar-refractivity contribution in [3.05, 3.63) is 29.8 Å². The lowest BCUT2D eigenvalue weighted by Gasteiger charge is -2.32. The summed E-state index contributed by atoms with van der Waals surface area (Å²) in [4.78, 5) is 13.6. The predicted octanol–water partition coefficient (Wildman–Crippen LogP) is 2.60. The molecule has 0 radical (unpaired) electrons. The Balaban J connectivity index is 1.97. The standard InChI is InChI=1S/C15H18N2O2/c1-19-15(18)13-2-4-14(5-3-13)17-10-7-12(6-9-16)8-11-17/h2-5,12H,6-8,10-11H2,1H3. The van der Waals surface area contributed by atoms with E-state index in [-0.39, 0.29) is 5.97 Å². The number of anilines is 1. The van der Waals surface area contributed by atoms with E-state index >= 15 is 0 Å². The first-order chi connectivity index (χ1) is 9.24. The number of nitriles is 1. The van der Waals surface area contributed by atoms with E-state index in [0.717, 1.165) is 31.6 Å². The molecule has 1 aromatic rings. The number of hydrogen-bond acceptors (Lipinski definition) is 4. The lowest BCUT2D eigenvalue weighted by molar-refractivity contribution is 0.0601. The highest BCUT2D eigenvalue weighted by molar-refractivity contribution is 5.89. The summed E-state index contributed by atoms with van der Waals surface area (Å²) in [6.45, 7) is 1.95. The van der Waals surface area contributed by atoms with E-state index in [2.05, 4.69) is 15.7 Å². The van der Waals surface area contributed by atoms with Gasteiger partial charge >= 0.3 is 5.97 Å². The number of carbonyl (C=O) groups is 1. The molecule has 19 heavy (non-hydrogen) atoms. The van der Waals surface area contributed by atoms with Crippen LogP contribution in [0.25, 0.3) is 0 Å². The number of nitrogens with zero attached hydrogens (tertiary/aromatic N) is 2. The maximum atomic E-state index is 11.3. The van der Waals surface area contributed by atoms with Crippen LogP contribution in [0.5, 0.6) is 0 Å². The molecule has 0 aromatic heterocycles. The molecule has 4 heteroatoms. The quantitative estimate of drug-likeness (QED) is 0.782. The molecule has 4 nitrogen and oxygen atoms in total. The van der Waals surface area contributed by atoms with Crippen molar-refractivity contribution in [1.29, 1.82) is 5.26 Å². The molecule has 1 aliphatic heterocycles. The fourth-order valence-electron chi connectivity index (χ4n) is 2.45. The van der Waals surface area contributed by atoms with Gasteiger partial charge in [-0.1, -0.05) is 0 Å². The van der Waals surface area contributed by atoms with Crippen LogP contribution < -0.4 is 4.90 Å².